The summed E-state index contributed by atoms with van der Waals surface area (Å²) in [6, 6.07) is -0.559. The zero-order valence-electron chi connectivity index (χ0n) is 40.2. The molecule has 2 unspecified atom stereocenters. The molecule has 0 saturated heterocycles. The fraction of sp³-hybridized carbons (Fsp3) is 0.889. The minimum absolute atomic E-state index is 0.0330. The van der Waals surface area contributed by atoms with Gasteiger partial charge in [-0.1, -0.05) is 244 Å². The molecule has 0 bridgehead atoms. The number of unbranched alkanes of at least 4 members (excludes halogenated alkanes) is 34. The van der Waals surface area contributed by atoms with Crippen molar-refractivity contribution in [3.8, 4) is 0 Å². The Hall–Kier alpha value is -1.66. The van der Waals surface area contributed by atoms with Gasteiger partial charge in [0.25, 0.3) is 0 Å². The van der Waals surface area contributed by atoms with Crippen LogP contribution in [0.25, 0.3) is 0 Å². The lowest BCUT2D eigenvalue weighted by molar-refractivity contribution is -0.143. The molecule has 0 spiro atoms. The number of aliphatic hydroxyl groups is 2. The smallest absolute Gasteiger partial charge is 0.305 e. The van der Waals surface area contributed by atoms with Crippen molar-refractivity contribution >= 4 is 11.9 Å². The number of esters is 1. The molecule has 60 heavy (non-hydrogen) atoms. The molecule has 6 nitrogen and oxygen atoms in total. The Morgan fingerprint density at radius 2 is 0.850 bits per heavy atom. The zero-order valence-corrected chi connectivity index (χ0v) is 40.2. The van der Waals surface area contributed by atoms with Gasteiger partial charge in [-0.25, -0.2) is 0 Å². The Morgan fingerprint density at radius 1 is 0.467 bits per heavy atom. The van der Waals surface area contributed by atoms with E-state index in [0.717, 1.165) is 70.6 Å². The predicted octanol–water partition coefficient (Wildman–Crippen LogP) is 15.9. The molecule has 3 N–H and O–H groups in total. The molecule has 6 heteroatoms. The lowest BCUT2D eigenvalue weighted by Crippen LogP contribution is -2.45. The Morgan fingerprint density at radius 3 is 1.32 bits per heavy atom. The first-order chi connectivity index (χ1) is 29.5. The molecule has 1 amide bonds. The van der Waals surface area contributed by atoms with E-state index in [-0.39, 0.29) is 18.5 Å². The van der Waals surface area contributed by atoms with Crippen molar-refractivity contribution in [1.29, 1.82) is 0 Å². The third-order valence-electron chi connectivity index (χ3n) is 12.3. The van der Waals surface area contributed by atoms with E-state index >= 15 is 0 Å². The summed E-state index contributed by atoms with van der Waals surface area (Å²) < 4.78 is 5.44. The molecule has 0 saturated carbocycles. The summed E-state index contributed by atoms with van der Waals surface area (Å²) in [5.41, 5.74) is 0. The minimum Gasteiger partial charge on any atom is -0.466 e. The van der Waals surface area contributed by atoms with Gasteiger partial charge in [0.15, 0.2) is 0 Å². The van der Waals surface area contributed by atoms with Crippen LogP contribution in [0.2, 0.25) is 0 Å². The molecule has 2 atom stereocenters. The molecule has 0 aliphatic heterocycles. The average molecular weight is 846 g/mol. The summed E-state index contributed by atoms with van der Waals surface area (Å²) in [5.74, 6) is -0.0901. The number of carbonyl (C=O) groups excluding carboxylic acids is 2. The zero-order chi connectivity index (χ0) is 43.7. The number of allylic oxidation sites excluding steroid dienone is 4. The number of carbonyl (C=O) groups is 2. The Labute approximate surface area is 373 Å². The fourth-order valence-corrected chi connectivity index (χ4v) is 8.13. The highest BCUT2D eigenvalue weighted by Gasteiger charge is 2.20. The average Bonchev–Trinajstić information content (AvgIpc) is 3.25. The molecule has 0 fully saturated rings. The number of hydrogen-bond donors (Lipinski definition) is 3. The monoisotopic (exact) mass is 846 g/mol. The van der Waals surface area contributed by atoms with Crippen LogP contribution < -0.4 is 5.32 Å². The highest BCUT2D eigenvalue weighted by Crippen LogP contribution is 2.17. The summed E-state index contributed by atoms with van der Waals surface area (Å²) in [5, 5.41) is 23.3. The maximum absolute atomic E-state index is 12.5. The van der Waals surface area contributed by atoms with Crippen molar-refractivity contribution in [2.24, 2.45) is 0 Å². The van der Waals surface area contributed by atoms with Gasteiger partial charge in [0, 0.05) is 12.8 Å². The Kier molecular flexibility index (Phi) is 48.6. The highest BCUT2D eigenvalue weighted by molar-refractivity contribution is 5.76. The van der Waals surface area contributed by atoms with Crippen LogP contribution >= 0.6 is 0 Å². The van der Waals surface area contributed by atoms with E-state index in [9.17, 15) is 19.8 Å². The summed E-state index contributed by atoms with van der Waals surface area (Å²) in [7, 11) is 0. The molecule has 0 aromatic rings. The second kappa shape index (κ2) is 50.0. The van der Waals surface area contributed by atoms with E-state index in [0.29, 0.717) is 25.9 Å². The second-order valence-corrected chi connectivity index (χ2v) is 18.2. The maximum atomic E-state index is 12.5. The summed E-state index contributed by atoms with van der Waals surface area (Å²) in [4.78, 5) is 24.5. The lowest BCUT2D eigenvalue weighted by Gasteiger charge is -2.22. The molecule has 0 aliphatic rings. The number of aliphatic hydroxyl groups excluding tert-OH is 2. The maximum Gasteiger partial charge on any atom is 0.305 e. The molecule has 0 rings (SSSR count). The largest absolute Gasteiger partial charge is 0.466 e. The van der Waals surface area contributed by atoms with Crippen LogP contribution in [0.5, 0.6) is 0 Å². The first-order valence-corrected chi connectivity index (χ1v) is 26.6. The number of ether oxygens (including phenoxy) is 1. The van der Waals surface area contributed by atoms with Gasteiger partial charge in [-0.15, -0.1) is 0 Å². The van der Waals surface area contributed by atoms with Crippen LogP contribution in [0.4, 0.5) is 0 Å². The topological polar surface area (TPSA) is 95.9 Å². The van der Waals surface area contributed by atoms with Crippen LogP contribution in [-0.2, 0) is 14.3 Å². The van der Waals surface area contributed by atoms with Gasteiger partial charge in [-0.3, -0.25) is 9.59 Å². The molecule has 0 heterocycles. The number of amides is 1. The van der Waals surface area contributed by atoms with Crippen molar-refractivity contribution < 1.29 is 24.5 Å². The van der Waals surface area contributed by atoms with E-state index in [1.54, 1.807) is 0 Å². The molecule has 0 radical (unpaired) electrons. The molecule has 0 aromatic heterocycles. The quantitative estimate of drug-likeness (QED) is 0.0322. The minimum atomic E-state index is -0.680. The third kappa shape index (κ3) is 45.9. The van der Waals surface area contributed by atoms with E-state index < -0.39 is 12.1 Å². The van der Waals surface area contributed by atoms with Crippen LogP contribution in [0.3, 0.4) is 0 Å². The summed E-state index contributed by atoms with van der Waals surface area (Å²) in [6.45, 7) is 4.86. The Bertz CT molecular complexity index is 935. The first kappa shape index (κ1) is 58.3. The molecule has 0 aromatic carbocycles. The van der Waals surface area contributed by atoms with E-state index in [2.05, 4.69) is 43.5 Å². The third-order valence-corrected chi connectivity index (χ3v) is 12.3. The van der Waals surface area contributed by atoms with Crippen LogP contribution in [-0.4, -0.2) is 47.4 Å². The summed E-state index contributed by atoms with van der Waals surface area (Å²) in [6.07, 6.45) is 58.6. The first-order valence-electron chi connectivity index (χ1n) is 26.6. The number of rotatable bonds is 49. The molecule has 354 valence electrons. The van der Waals surface area contributed by atoms with Crippen molar-refractivity contribution in [1.82, 2.24) is 5.32 Å². The van der Waals surface area contributed by atoms with Crippen LogP contribution in [0.1, 0.15) is 284 Å². The molecular weight excluding hydrogens is 743 g/mol. The standard InChI is InChI=1S/C54H103NO5/c1-3-5-7-9-11-13-15-17-19-20-21-22-23-24-26-30-34-38-42-46-52(57)51(50-56)55-53(58)47-43-39-35-31-28-29-33-37-41-45-49-60-54(59)48-44-40-36-32-27-25-18-16-14-12-10-8-6-4-2/h10,12,16,18,51-52,56-57H,3-9,11,13-15,17,19-50H2,1-2H3,(H,55,58)/b12-10-,18-16-. The van der Waals surface area contributed by atoms with Gasteiger partial charge in [-0.2, -0.15) is 0 Å². The predicted molar refractivity (Wildman–Crippen MR) is 260 cm³/mol. The van der Waals surface area contributed by atoms with Gasteiger partial charge in [0.1, 0.15) is 0 Å². The number of nitrogens with one attached hydrogen (secondary N) is 1. The van der Waals surface area contributed by atoms with Crippen LogP contribution in [0, 0.1) is 0 Å². The van der Waals surface area contributed by atoms with Gasteiger partial charge in [0.05, 0.1) is 25.4 Å². The normalized spacial score (nSPS) is 12.8. The van der Waals surface area contributed by atoms with Gasteiger partial charge in [0.2, 0.25) is 5.91 Å². The fourth-order valence-electron chi connectivity index (χ4n) is 8.13. The highest BCUT2D eigenvalue weighted by atomic mass is 16.5. The van der Waals surface area contributed by atoms with Crippen molar-refractivity contribution in [2.45, 2.75) is 296 Å². The Balaban J connectivity index is 3.49. The van der Waals surface area contributed by atoms with Crippen molar-refractivity contribution in [3.05, 3.63) is 24.3 Å². The van der Waals surface area contributed by atoms with Crippen LogP contribution in [0.15, 0.2) is 24.3 Å². The lowest BCUT2D eigenvalue weighted by atomic mass is 10.0. The second-order valence-electron chi connectivity index (χ2n) is 18.2. The van der Waals surface area contributed by atoms with Gasteiger partial charge in [-0.05, 0) is 51.4 Å². The molecule has 0 aliphatic carbocycles. The SMILES string of the molecule is CCCC/C=C\C/C=C\CCCCCCCC(=O)OCCCCCCCCCCCCC(=O)NC(CO)C(O)CCCCCCCCCCCCCCCCCCCCC. The van der Waals surface area contributed by atoms with Crippen molar-refractivity contribution in [3.63, 3.8) is 0 Å². The van der Waals surface area contributed by atoms with E-state index in [1.165, 1.54) is 180 Å². The summed E-state index contributed by atoms with van der Waals surface area (Å²) >= 11 is 0. The van der Waals surface area contributed by atoms with Gasteiger partial charge >= 0.3 is 5.97 Å². The van der Waals surface area contributed by atoms with E-state index in [4.69, 9.17) is 4.74 Å². The van der Waals surface area contributed by atoms with E-state index in [1.807, 2.05) is 0 Å². The van der Waals surface area contributed by atoms with Gasteiger partial charge < -0.3 is 20.3 Å². The van der Waals surface area contributed by atoms with Crippen molar-refractivity contribution in [2.75, 3.05) is 13.2 Å². The molecular formula is C54H103NO5. The number of hydrogen-bond acceptors (Lipinski definition) is 5.